The third-order valence-corrected chi connectivity index (χ3v) is 4.11. The Morgan fingerprint density at radius 3 is 3.00 bits per heavy atom. The standard InChI is InChI=1S/C15H12ClN3O/c16-12-6-5-11-14(18-12)19-8-7-9-3-1-2-4-10(9)13(19)15(20)17-11/h1-6,13H,7-8H2,(H,17,20). The zero-order valence-corrected chi connectivity index (χ0v) is 11.4. The summed E-state index contributed by atoms with van der Waals surface area (Å²) in [6, 6.07) is 11.3. The SMILES string of the molecule is O=C1Nc2ccc(Cl)nc2N2CCc3ccccc3C12. The number of rotatable bonds is 0. The Morgan fingerprint density at radius 2 is 2.10 bits per heavy atom. The zero-order valence-electron chi connectivity index (χ0n) is 10.6. The van der Waals surface area contributed by atoms with Crippen molar-refractivity contribution in [1.82, 2.24) is 4.98 Å². The van der Waals surface area contributed by atoms with Crippen molar-refractivity contribution in [3.8, 4) is 0 Å². The molecule has 1 aromatic carbocycles. The Labute approximate surface area is 121 Å². The molecule has 1 unspecified atom stereocenters. The Kier molecular flexibility index (Phi) is 2.47. The predicted molar refractivity (Wildman–Crippen MR) is 78.1 cm³/mol. The first-order valence-electron chi connectivity index (χ1n) is 6.56. The van der Waals surface area contributed by atoms with Gasteiger partial charge < -0.3 is 10.2 Å². The minimum Gasteiger partial charge on any atom is -0.339 e. The fourth-order valence-electron chi connectivity index (χ4n) is 3.02. The molecule has 0 fully saturated rings. The van der Waals surface area contributed by atoms with Gasteiger partial charge >= 0.3 is 0 Å². The number of halogens is 1. The van der Waals surface area contributed by atoms with E-state index in [2.05, 4.69) is 16.4 Å². The summed E-state index contributed by atoms with van der Waals surface area (Å²) >= 11 is 5.99. The van der Waals surface area contributed by atoms with Crippen molar-refractivity contribution >= 4 is 29.0 Å². The molecule has 1 N–H and O–H groups in total. The van der Waals surface area contributed by atoms with E-state index in [0.29, 0.717) is 5.15 Å². The Morgan fingerprint density at radius 1 is 1.25 bits per heavy atom. The molecule has 4 nitrogen and oxygen atoms in total. The lowest BCUT2D eigenvalue weighted by atomic mass is 9.90. The minimum atomic E-state index is -0.307. The Hall–Kier alpha value is -2.07. The van der Waals surface area contributed by atoms with E-state index >= 15 is 0 Å². The molecule has 2 aliphatic rings. The van der Waals surface area contributed by atoms with E-state index in [1.165, 1.54) is 5.56 Å². The van der Waals surface area contributed by atoms with Gasteiger partial charge in [0.15, 0.2) is 5.82 Å². The second kappa shape index (κ2) is 4.21. The van der Waals surface area contributed by atoms with Crippen LogP contribution in [0.3, 0.4) is 0 Å². The van der Waals surface area contributed by atoms with Gasteiger partial charge in [-0.1, -0.05) is 35.9 Å². The second-order valence-electron chi connectivity index (χ2n) is 5.04. The molecule has 2 aliphatic heterocycles. The van der Waals surface area contributed by atoms with Crippen molar-refractivity contribution in [2.75, 3.05) is 16.8 Å². The fraction of sp³-hybridized carbons (Fsp3) is 0.200. The summed E-state index contributed by atoms with van der Waals surface area (Å²) in [7, 11) is 0. The van der Waals surface area contributed by atoms with Gasteiger partial charge in [0.05, 0.1) is 5.69 Å². The molecule has 0 spiro atoms. The van der Waals surface area contributed by atoms with Crippen molar-refractivity contribution in [3.05, 3.63) is 52.7 Å². The summed E-state index contributed by atoms with van der Waals surface area (Å²) in [5.41, 5.74) is 3.02. The molecule has 0 radical (unpaired) electrons. The lowest BCUT2D eigenvalue weighted by Gasteiger charge is -2.41. The first-order chi connectivity index (χ1) is 9.74. The maximum absolute atomic E-state index is 12.4. The van der Waals surface area contributed by atoms with E-state index < -0.39 is 0 Å². The lowest BCUT2D eigenvalue weighted by molar-refractivity contribution is -0.118. The van der Waals surface area contributed by atoms with E-state index in [-0.39, 0.29) is 11.9 Å². The number of fused-ring (bicyclic) bond motifs is 5. The van der Waals surface area contributed by atoms with Crippen molar-refractivity contribution < 1.29 is 4.79 Å². The third kappa shape index (κ3) is 1.61. The summed E-state index contributed by atoms with van der Waals surface area (Å²) in [4.78, 5) is 18.9. The molecule has 1 atom stereocenters. The van der Waals surface area contributed by atoms with E-state index in [1.807, 2.05) is 23.1 Å². The highest BCUT2D eigenvalue weighted by atomic mass is 35.5. The van der Waals surface area contributed by atoms with E-state index in [9.17, 15) is 4.79 Å². The van der Waals surface area contributed by atoms with Crippen LogP contribution < -0.4 is 10.2 Å². The summed E-state index contributed by atoms with van der Waals surface area (Å²) in [5.74, 6) is 0.755. The van der Waals surface area contributed by atoms with Gasteiger partial charge in [-0.15, -0.1) is 0 Å². The molecule has 4 rings (SSSR count). The highest BCUT2D eigenvalue weighted by Gasteiger charge is 2.38. The van der Waals surface area contributed by atoms with Gasteiger partial charge in [-0.25, -0.2) is 4.98 Å². The van der Waals surface area contributed by atoms with Gasteiger partial charge in [-0.2, -0.15) is 0 Å². The fourth-order valence-corrected chi connectivity index (χ4v) is 3.16. The van der Waals surface area contributed by atoms with Gasteiger partial charge in [0.1, 0.15) is 11.2 Å². The van der Waals surface area contributed by atoms with Crippen LogP contribution >= 0.6 is 11.6 Å². The summed E-state index contributed by atoms with van der Waals surface area (Å²) < 4.78 is 0. The van der Waals surface area contributed by atoms with Gasteiger partial charge in [0.25, 0.3) is 5.91 Å². The van der Waals surface area contributed by atoms with Crippen LogP contribution in [0.1, 0.15) is 17.2 Å². The molecule has 1 amide bonds. The molecular formula is C15H12ClN3O. The zero-order chi connectivity index (χ0) is 13.7. The van der Waals surface area contributed by atoms with Crippen molar-refractivity contribution in [2.45, 2.75) is 12.5 Å². The summed E-state index contributed by atoms with van der Waals surface area (Å²) in [6.45, 7) is 0.773. The molecular weight excluding hydrogens is 274 g/mol. The number of nitrogens with zero attached hydrogens (tertiary/aromatic N) is 2. The largest absolute Gasteiger partial charge is 0.339 e. The maximum atomic E-state index is 12.4. The molecule has 0 saturated carbocycles. The van der Waals surface area contributed by atoms with Crippen LogP contribution in [0, 0.1) is 0 Å². The third-order valence-electron chi connectivity index (χ3n) is 3.90. The Balaban J connectivity index is 1.89. The number of anilines is 2. The van der Waals surface area contributed by atoms with Crippen LogP contribution in [-0.2, 0) is 11.2 Å². The van der Waals surface area contributed by atoms with Gasteiger partial charge in [0, 0.05) is 6.54 Å². The predicted octanol–water partition coefficient (Wildman–Crippen LogP) is 2.79. The Bertz CT molecular complexity index is 716. The van der Waals surface area contributed by atoms with Crippen LogP contribution in [0.4, 0.5) is 11.5 Å². The minimum absolute atomic E-state index is 0.00577. The number of carbonyl (C=O) groups is 1. The average Bonchev–Trinajstić information content (AvgIpc) is 2.47. The van der Waals surface area contributed by atoms with Crippen LogP contribution in [0.5, 0.6) is 0 Å². The smallest absolute Gasteiger partial charge is 0.251 e. The lowest BCUT2D eigenvalue weighted by Crippen LogP contribution is -2.46. The van der Waals surface area contributed by atoms with Crippen LogP contribution in [0.2, 0.25) is 5.15 Å². The number of pyridine rings is 1. The summed E-state index contributed by atoms with van der Waals surface area (Å²) in [6.07, 6.45) is 0.910. The number of amides is 1. The van der Waals surface area contributed by atoms with E-state index in [4.69, 9.17) is 11.6 Å². The molecule has 20 heavy (non-hydrogen) atoms. The topological polar surface area (TPSA) is 45.2 Å². The van der Waals surface area contributed by atoms with Crippen molar-refractivity contribution in [3.63, 3.8) is 0 Å². The number of carbonyl (C=O) groups excluding carboxylic acids is 1. The van der Waals surface area contributed by atoms with Crippen molar-refractivity contribution in [2.24, 2.45) is 0 Å². The van der Waals surface area contributed by atoms with Gasteiger partial charge in [-0.3, -0.25) is 4.79 Å². The highest BCUT2D eigenvalue weighted by Crippen LogP contribution is 2.40. The molecule has 100 valence electrons. The van der Waals surface area contributed by atoms with Gasteiger partial charge in [-0.05, 0) is 29.7 Å². The quantitative estimate of drug-likeness (QED) is 0.757. The second-order valence-corrected chi connectivity index (χ2v) is 5.43. The first kappa shape index (κ1) is 11.7. The molecule has 0 saturated heterocycles. The molecule has 5 heteroatoms. The number of hydrogen-bond acceptors (Lipinski definition) is 3. The van der Waals surface area contributed by atoms with E-state index in [0.717, 1.165) is 30.0 Å². The van der Waals surface area contributed by atoms with Crippen LogP contribution in [0.15, 0.2) is 36.4 Å². The molecule has 2 aromatic rings. The molecule has 0 bridgehead atoms. The molecule has 0 aliphatic carbocycles. The first-order valence-corrected chi connectivity index (χ1v) is 6.94. The number of benzene rings is 1. The van der Waals surface area contributed by atoms with Crippen molar-refractivity contribution in [1.29, 1.82) is 0 Å². The molecule has 1 aromatic heterocycles. The normalized spacial score (nSPS) is 19.8. The van der Waals surface area contributed by atoms with Crippen LogP contribution in [-0.4, -0.2) is 17.4 Å². The average molecular weight is 286 g/mol. The van der Waals surface area contributed by atoms with E-state index in [1.54, 1.807) is 12.1 Å². The van der Waals surface area contributed by atoms with Crippen LogP contribution in [0.25, 0.3) is 0 Å². The van der Waals surface area contributed by atoms with Gasteiger partial charge in [0.2, 0.25) is 0 Å². The number of hydrogen-bond donors (Lipinski definition) is 1. The summed E-state index contributed by atoms with van der Waals surface area (Å²) in [5, 5.41) is 3.37. The number of aromatic nitrogens is 1. The maximum Gasteiger partial charge on any atom is 0.251 e. The highest BCUT2D eigenvalue weighted by molar-refractivity contribution is 6.29. The molecule has 3 heterocycles. The number of nitrogens with one attached hydrogen (secondary N) is 1. The monoisotopic (exact) mass is 285 g/mol.